The third-order valence-corrected chi connectivity index (χ3v) is 7.21. The van der Waals surface area contributed by atoms with Crippen LogP contribution in [-0.4, -0.2) is 25.9 Å². The van der Waals surface area contributed by atoms with E-state index in [-0.39, 0.29) is 46.4 Å². The first-order chi connectivity index (χ1) is 18.4. The Morgan fingerprint density at radius 2 is 1.66 bits per heavy atom. The lowest BCUT2D eigenvalue weighted by atomic mass is 10.0. The van der Waals surface area contributed by atoms with Crippen LogP contribution in [0.15, 0.2) is 69.9 Å². The summed E-state index contributed by atoms with van der Waals surface area (Å²) in [6.45, 7) is 0.270. The van der Waals surface area contributed by atoms with Gasteiger partial charge in [-0.2, -0.15) is 0 Å². The maximum atomic E-state index is 14.5. The number of hydrogen-bond donors (Lipinski definition) is 1. The molecule has 0 unspecified atom stereocenters. The van der Waals surface area contributed by atoms with Crippen molar-refractivity contribution in [3.05, 3.63) is 103 Å². The predicted molar refractivity (Wildman–Crippen MR) is 151 cm³/mol. The highest BCUT2D eigenvalue weighted by molar-refractivity contribution is 14.1. The van der Waals surface area contributed by atoms with Gasteiger partial charge < -0.3 is 23.2 Å². The van der Waals surface area contributed by atoms with Gasteiger partial charge in [-0.1, -0.05) is 30.3 Å². The molecule has 0 radical (unpaired) electrons. The van der Waals surface area contributed by atoms with Crippen LogP contribution >= 0.6 is 22.6 Å². The van der Waals surface area contributed by atoms with Gasteiger partial charge in [-0.15, -0.1) is 0 Å². The van der Waals surface area contributed by atoms with E-state index in [1.54, 1.807) is 34.9 Å². The molecular formula is C29H24FIN2O5. The van der Waals surface area contributed by atoms with Crippen LogP contribution in [0.2, 0.25) is 0 Å². The lowest BCUT2D eigenvalue weighted by Gasteiger charge is -2.18. The first-order valence-electron chi connectivity index (χ1n) is 11.7. The summed E-state index contributed by atoms with van der Waals surface area (Å²) >= 11 is 2.23. The first kappa shape index (κ1) is 25.8. The van der Waals surface area contributed by atoms with Gasteiger partial charge in [0.05, 0.1) is 39.0 Å². The zero-order valence-electron chi connectivity index (χ0n) is 20.9. The average molecular weight is 626 g/mol. The van der Waals surface area contributed by atoms with E-state index >= 15 is 0 Å². The molecule has 194 valence electrons. The Morgan fingerprint density at radius 3 is 2.32 bits per heavy atom. The summed E-state index contributed by atoms with van der Waals surface area (Å²) in [7, 11) is 4.48. The molecule has 9 heteroatoms. The molecule has 0 aliphatic rings. The SMILES string of the molecule is COc1cc2c3oc(=N)c(Cc4ccccc4F)c(OC)c3c(=O)n(Cc3ccc(I)cc3)c2cc1OC. The van der Waals surface area contributed by atoms with Gasteiger partial charge >= 0.3 is 0 Å². The number of fused-ring (bicyclic) bond motifs is 3. The number of rotatable bonds is 7. The van der Waals surface area contributed by atoms with Crippen LogP contribution in [-0.2, 0) is 13.0 Å². The van der Waals surface area contributed by atoms with Crippen LogP contribution < -0.4 is 25.3 Å². The Hall–Kier alpha value is -3.86. The van der Waals surface area contributed by atoms with Crippen molar-refractivity contribution in [3.8, 4) is 17.2 Å². The maximum Gasteiger partial charge on any atom is 0.266 e. The third-order valence-electron chi connectivity index (χ3n) is 6.49. The van der Waals surface area contributed by atoms with E-state index < -0.39 is 5.82 Å². The van der Waals surface area contributed by atoms with Crippen LogP contribution in [0.5, 0.6) is 17.2 Å². The van der Waals surface area contributed by atoms with E-state index in [0.717, 1.165) is 9.13 Å². The van der Waals surface area contributed by atoms with Gasteiger partial charge in [0, 0.05) is 21.4 Å². The summed E-state index contributed by atoms with van der Waals surface area (Å²) < 4.78 is 40.0. The van der Waals surface area contributed by atoms with E-state index in [0.29, 0.717) is 28.0 Å². The van der Waals surface area contributed by atoms with E-state index in [1.807, 2.05) is 24.3 Å². The summed E-state index contributed by atoms with van der Waals surface area (Å²) in [4.78, 5) is 14.1. The van der Waals surface area contributed by atoms with E-state index in [2.05, 4.69) is 22.6 Å². The van der Waals surface area contributed by atoms with E-state index in [4.69, 9.17) is 24.0 Å². The number of benzene rings is 3. The number of pyridine rings is 1. The molecule has 38 heavy (non-hydrogen) atoms. The molecule has 3 aromatic carbocycles. The van der Waals surface area contributed by atoms with Crippen LogP contribution in [0.4, 0.5) is 4.39 Å². The Kier molecular flexibility index (Phi) is 7.11. The molecule has 0 aliphatic carbocycles. The Morgan fingerprint density at radius 1 is 0.974 bits per heavy atom. The zero-order valence-corrected chi connectivity index (χ0v) is 23.1. The molecule has 0 bridgehead atoms. The normalized spacial score (nSPS) is 11.2. The van der Waals surface area contributed by atoms with E-state index in [1.165, 1.54) is 27.4 Å². The van der Waals surface area contributed by atoms with Crippen molar-refractivity contribution in [1.29, 1.82) is 5.41 Å². The van der Waals surface area contributed by atoms with Crippen molar-refractivity contribution in [1.82, 2.24) is 4.57 Å². The molecule has 2 heterocycles. The monoisotopic (exact) mass is 626 g/mol. The first-order valence-corrected chi connectivity index (χ1v) is 12.8. The summed E-state index contributed by atoms with van der Waals surface area (Å²) in [5.74, 6) is 0.652. The summed E-state index contributed by atoms with van der Waals surface area (Å²) in [5.41, 5.74) is 1.71. The predicted octanol–water partition coefficient (Wildman–Crippen LogP) is 5.64. The smallest absolute Gasteiger partial charge is 0.266 e. The molecular weight excluding hydrogens is 602 g/mol. The quantitative estimate of drug-likeness (QED) is 0.187. The number of nitrogens with zero attached hydrogens (tertiary/aromatic N) is 1. The fourth-order valence-electron chi connectivity index (χ4n) is 4.62. The number of aromatic nitrogens is 1. The molecule has 0 spiro atoms. The topological polar surface area (TPSA) is 86.7 Å². The van der Waals surface area contributed by atoms with Crippen molar-refractivity contribution in [2.75, 3.05) is 21.3 Å². The minimum Gasteiger partial charge on any atom is -0.495 e. The molecule has 0 saturated heterocycles. The number of ether oxygens (including phenoxy) is 3. The van der Waals surface area contributed by atoms with Gasteiger partial charge in [-0.05, 0) is 58.0 Å². The Balaban J connectivity index is 1.87. The molecule has 5 rings (SSSR count). The molecule has 0 amide bonds. The molecule has 0 saturated carbocycles. The van der Waals surface area contributed by atoms with Crippen LogP contribution in [0.1, 0.15) is 16.7 Å². The number of methoxy groups -OCH3 is 3. The summed E-state index contributed by atoms with van der Waals surface area (Å²) in [6.07, 6.45) is 0.0225. The van der Waals surface area contributed by atoms with Gasteiger partial charge in [-0.3, -0.25) is 10.2 Å². The molecule has 7 nitrogen and oxygen atoms in total. The van der Waals surface area contributed by atoms with Crippen molar-refractivity contribution in [2.24, 2.45) is 0 Å². The summed E-state index contributed by atoms with van der Waals surface area (Å²) in [6, 6.07) is 17.6. The highest BCUT2D eigenvalue weighted by atomic mass is 127. The van der Waals surface area contributed by atoms with Gasteiger partial charge in [-0.25, -0.2) is 4.39 Å². The molecule has 2 aromatic heterocycles. The molecule has 0 aliphatic heterocycles. The standard InChI is InChI=1S/C29H24FIN2O5/c1-35-23-13-19-22(14-24(23)36-2)33(15-16-8-10-18(31)11-9-16)29(34)25-26(37-3)20(28(32)38-27(19)25)12-17-6-4-5-7-21(17)30/h4-11,13-14,32H,12,15H2,1-3H3. The number of nitrogens with one attached hydrogen (secondary N) is 1. The van der Waals surface area contributed by atoms with Crippen LogP contribution in [0, 0.1) is 14.8 Å². The second-order valence-corrected chi connectivity index (χ2v) is 9.90. The lowest BCUT2D eigenvalue weighted by molar-refractivity contribution is 0.355. The van der Waals surface area contributed by atoms with Gasteiger partial charge in [0.1, 0.15) is 17.0 Å². The van der Waals surface area contributed by atoms with Crippen molar-refractivity contribution in [3.63, 3.8) is 0 Å². The van der Waals surface area contributed by atoms with Gasteiger partial charge in [0.2, 0.25) is 5.55 Å². The van der Waals surface area contributed by atoms with Gasteiger partial charge in [0.15, 0.2) is 17.1 Å². The average Bonchev–Trinajstić information content (AvgIpc) is 2.93. The Labute approximate surface area is 231 Å². The van der Waals surface area contributed by atoms with Crippen LogP contribution in [0.25, 0.3) is 21.9 Å². The van der Waals surface area contributed by atoms with Crippen LogP contribution in [0.3, 0.4) is 0 Å². The Bertz CT molecular complexity index is 1790. The fourth-order valence-corrected chi connectivity index (χ4v) is 4.98. The third kappa shape index (κ3) is 4.51. The zero-order chi connectivity index (χ0) is 27.0. The van der Waals surface area contributed by atoms with Crippen molar-refractivity contribution in [2.45, 2.75) is 13.0 Å². The maximum absolute atomic E-state index is 14.5. The highest BCUT2D eigenvalue weighted by Crippen LogP contribution is 2.37. The fraction of sp³-hybridized carbons (Fsp3) is 0.172. The largest absolute Gasteiger partial charge is 0.495 e. The molecule has 5 aromatic rings. The minimum absolute atomic E-state index is 0.0225. The number of halogens is 2. The minimum atomic E-state index is -0.416. The molecule has 1 N–H and O–H groups in total. The molecule has 0 fully saturated rings. The second-order valence-electron chi connectivity index (χ2n) is 8.66. The highest BCUT2D eigenvalue weighted by Gasteiger charge is 2.24. The van der Waals surface area contributed by atoms with Gasteiger partial charge in [0.25, 0.3) is 5.56 Å². The summed E-state index contributed by atoms with van der Waals surface area (Å²) in [5, 5.41) is 9.37. The second kappa shape index (κ2) is 10.5. The van der Waals surface area contributed by atoms with E-state index in [9.17, 15) is 9.18 Å². The van der Waals surface area contributed by atoms with Crippen molar-refractivity contribution < 1.29 is 23.0 Å². The molecule has 0 atom stereocenters. The number of hydrogen-bond acceptors (Lipinski definition) is 6. The van der Waals surface area contributed by atoms with Crippen molar-refractivity contribution >= 4 is 44.5 Å². The lowest BCUT2D eigenvalue weighted by Crippen LogP contribution is -2.24.